The summed E-state index contributed by atoms with van der Waals surface area (Å²) in [6, 6.07) is 26.0. The molecule has 6 nitrogen and oxygen atoms in total. The molecule has 0 saturated carbocycles. The van der Waals surface area contributed by atoms with Crippen LogP contribution in [0.25, 0.3) is 0 Å². The highest BCUT2D eigenvalue weighted by Gasteiger charge is 2.53. The second-order valence-electron chi connectivity index (χ2n) is 11.3. The lowest BCUT2D eigenvalue weighted by Gasteiger charge is -2.38. The zero-order valence-electron chi connectivity index (χ0n) is 25.5. The molecule has 4 aromatic carbocycles. The molecular weight excluding hydrogens is 536 g/mol. The van der Waals surface area contributed by atoms with Gasteiger partial charge < -0.3 is 24.4 Å². The Morgan fingerprint density at radius 3 is 2.40 bits per heavy atom. The van der Waals surface area contributed by atoms with E-state index < -0.39 is 5.60 Å². The zero-order valence-corrected chi connectivity index (χ0v) is 25.5. The predicted octanol–water partition coefficient (Wildman–Crippen LogP) is 9.11. The first-order valence-corrected chi connectivity index (χ1v) is 15.5. The SMILES string of the molecule is CCCCCCN(CC)c1ccc2c(c1)Oc1cc(C)c(Nc3ccc(OCC)cc3)cc1C21OC(=O)c2ccccc21. The van der Waals surface area contributed by atoms with E-state index in [1.807, 2.05) is 61.5 Å². The number of carbonyl (C=O) groups is 1. The number of unbranched alkanes of at least 4 members (excludes halogenated alkanes) is 3. The summed E-state index contributed by atoms with van der Waals surface area (Å²) in [7, 11) is 0. The van der Waals surface area contributed by atoms with E-state index in [-0.39, 0.29) is 5.97 Å². The van der Waals surface area contributed by atoms with Gasteiger partial charge in [-0.1, -0.05) is 44.4 Å². The van der Waals surface area contributed by atoms with Gasteiger partial charge in [0.25, 0.3) is 0 Å². The minimum atomic E-state index is -1.11. The van der Waals surface area contributed by atoms with Crippen LogP contribution in [0.1, 0.15) is 79.1 Å². The fraction of sp³-hybridized carbons (Fsp3) is 0.324. The van der Waals surface area contributed by atoms with Crippen molar-refractivity contribution in [1.29, 1.82) is 0 Å². The summed E-state index contributed by atoms with van der Waals surface area (Å²) in [5.41, 5.74) is 5.92. The van der Waals surface area contributed by atoms with Crippen LogP contribution in [-0.4, -0.2) is 25.7 Å². The molecular formula is C37H40N2O4. The standard InChI is InChI=1S/C37H40N2O4/c1-5-8-9-12-21-39(6-2)27-17-20-31-35(23-27)42-34-22-25(4)33(38-26-15-18-28(19-16-26)41-7-3)24-32(34)37(31)30-14-11-10-13-29(30)36(40)43-37/h10-11,13-20,22-24,38H,5-9,12,21H2,1-4H3. The maximum Gasteiger partial charge on any atom is 0.340 e. The highest BCUT2D eigenvalue weighted by molar-refractivity contribution is 5.97. The third-order valence-corrected chi connectivity index (χ3v) is 8.52. The van der Waals surface area contributed by atoms with Gasteiger partial charge in [-0.25, -0.2) is 4.79 Å². The molecule has 6 heteroatoms. The third-order valence-electron chi connectivity index (χ3n) is 8.52. The van der Waals surface area contributed by atoms with Crippen LogP contribution in [0.4, 0.5) is 17.1 Å². The van der Waals surface area contributed by atoms with E-state index in [4.69, 9.17) is 14.2 Å². The highest BCUT2D eigenvalue weighted by atomic mass is 16.6. The summed E-state index contributed by atoms with van der Waals surface area (Å²) in [6.45, 7) is 11.0. The van der Waals surface area contributed by atoms with Crippen molar-refractivity contribution in [2.24, 2.45) is 0 Å². The average Bonchev–Trinajstić information content (AvgIpc) is 3.31. The Morgan fingerprint density at radius 1 is 0.837 bits per heavy atom. The Balaban J connectivity index is 1.43. The molecule has 222 valence electrons. The Kier molecular flexibility index (Phi) is 8.02. The number of nitrogens with one attached hydrogen (secondary N) is 1. The summed E-state index contributed by atoms with van der Waals surface area (Å²) in [6.07, 6.45) is 4.85. The van der Waals surface area contributed by atoms with Crippen LogP contribution in [-0.2, 0) is 10.3 Å². The number of hydrogen-bond donors (Lipinski definition) is 1. The van der Waals surface area contributed by atoms with Gasteiger partial charge in [0, 0.05) is 52.9 Å². The normalized spacial score (nSPS) is 16.1. The fourth-order valence-corrected chi connectivity index (χ4v) is 6.30. The largest absolute Gasteiger partial charge is 0.494 e. The van der Waals surface area contributed by atoms with E-state index in [0.717, 1.165) is 64.6 Å². The van der Waals surface area contributed by atoms with Crippen molar-refractivity contribution in [3.63, 3.8) is 0 Å². The number of aryl methyl sites for hydroxylation is 1. The third kappa shape index (κ3) is 5.20. The molecule has 1 unspecified atom stereocenters. The van der Waals surface area contributed by atoms with Crippen LogP contribution in [0.5, 0.6) is 17.2 Å². The molecule has 0 aromatic heterocycles. The molecule has 0 aliphatic carbocycles. The molecule has 4 aromatic rings. The van der Waals surface area contributed by atoms with Crippen LogP contribution < -0.4 is 19.7 Å². The molecule has 0 radical (unpaired) electrons. The van der Waals surface area contributed by atoms with Crippen LogP contribution >= 0.6 is 0 Å². The van der Waals surface area contributed by atoms with Crippen molar-refractivity contribution in [3.8, 4) is 17.2 Å². The molecule has 1 spiro atoms. The number of carbonyl (C=O) groups excluding carboxylic acids is 1. The number of ether oxygens (including phenoxy) is 3. The molecule has 2 aliphatic rings. The van der Waals surface area contributed by atoms with Gasteiger partial charge >= 0.3 is 5.97 Å². The minimum Gasteiger partial charge on any atom is -0.494 e. The Bertz CT molecular complexity index is 1630. The molecule has 1 atom stereocenters. The van der Waals surface area contributed by atoms with Gasteiger partial charge in [-0.2, -0.15) is 0 Å². The van der Waals surface area contributed by atoms with E-state index in [0.29, 0.717) is 23.7 Å². The number of esters is 1. The quantitative estimate of drug-likeness (QED) is 0.142. The second kappa shape index (κ2) is 12.0. The van der Waals surface area contributed by atoms with Crippen molar-refractivity contribution in [3.05, 3.63) is 107 Å². The van der Waals surface area contributed by atoms with E-state index in [1.165, 1.54) is 19.3 Å². The van der Waals surface area contributed by atoms with Crippen LogP contribution in [0.3, 0.4) is 0 Å². The molecule has 2 heterocycles. The molecule has 6 rings (SSSR count). The number of nitrogens with zero attached hydrogens (tertiary/aromatic N) is 1. The first kappa shape index (κ1) is 28.7. The van der Waals surface area contributed by atoms with Crippen molar-refractivity contribution < 1.29 is 19.0 Å². The summed E-state index contributed by atoms with van der Waals surface area (Å²) in [4.78, 5) is 15.8. The van der Waals surface area contributed by atoms with Gasteiger partial charge in [-0.3, -0.25) is 0 Å². The lowest BCUT2D eigenvalue weighted by atomic mass is 9.77. The first-order chi connectivity index (χ1) is 21.0. The van der Waals surface area contributed by atoms with Gasteiger partial charge in [0.05, 0.1) is 12.2 Å². The van der Waals surface area contributed by atoms with Crippen molar-refractivity contribution in [2.75, 3.05) is 29.9 Å². The van der Waals surface area contributed by atoms with E-state index >= 15 is 0 Å². The number of hydrogen-bond acceptors (Lipinski definition) is 6. The van der Waals surface area contributed by atoms with Gasteiger partial charge in [0.15, 0.2) is 5.60 Å². The minimum absolute atomic E-state index is 0.328. The molecule has 0 bridgehead atoms. The molecule has 0 fully saturated rings. The smallest absolute Gasteiger partial charge is 0.340 e. The molecule has 0 saturated heterocycles. The molecule has 0 amide bonds. The first-order valence-electron chi connectivity index (χ1n) is 15.5. The van der Waals surface area contributed by atoms with Crippen LogP contribution in [0, 0.1) is 6.92 Å². The van der Waals surface area contributed by atoms with Gasteiger partial charge in [0.2, 0.25) is 0 Å². The van der Waals surface area contributed by atoms with Gasteiger partial charge in [-0.15, -0.1) is 0 Å². The molecule has 2 aliphatic heterocycles. The summed E-state index contributed by atoms with van der Waals surface area (Å²) in [5.74, 6) is 1.91. The number of benzene rings is 4. The lowest BCUT2D eigenvalue weighted by molar-refractivity contribution is 0.0224. The van der Waals surface area contributed by atoms with Crippen molar-refractivity contribution in [2.45, 2.75) is 59.0 Å². The maximum absolute atomic E-state index is 13.4. The van der Waals surface area contributed by atoms with Crippen molar-refractivity contribution >= 4 is 23.0 Å². The predicted molar refractivity (Wildman–Crippen MR) is 172 cm³/mol. The van der Waals surface area contributed by atoms with E-state index in [1.54, 1.807) is 0 Å². The fourth-order valence-electron chi connectivity index (χ4n) is 6.30. The maximum atomic E-state index is 13.4. The van der Waals surface area contributed by atoms with Crippen LogP contribution in [0.15, 0.2) is 78.9 Å². The van der Waals surface area contributed by atoms with E-state index in [2.05, 4.69) is 55.3 Å². The van der Waals surface area contributed by atoms with Crippen molar-refractivity contribution in [1.82, 2.24) is 0 Å². The van der Waals surface area contributed by atoms with E-state index in [9.17, 15) is 4.79 Å². The summed E-state index contributed by atoms with van der Waals surface area (Å²) in [5, 5.41) is 3.56. The second-order valence-corrected chi connectivity index (χ2v) is 11.3. The Labute approximate surface area is 254 Å². The topological polar surface area (TPSA) is 60.0 Å². The average molecular weight is 577 g/mol. The summed E-state index contributed by atoms with van der Waals surface area (Å²) < 4.78 is 18.7. The number of anilines is 3. The highest BCUT2D eigenvalue weighted by Crippen LogP contribution is 2.57. The van der Waals surface area contributed by atoms with Crippen LogP contribution in [0.2, 0.25) is 0 Å². The van der Waals surface area contributed by atoms with Gasteiger partial charge in [0.1, 0.15) is 17.2 Å². The Morgan fingerprint density at radius 2 is 1.63 bits per heavy atom. The molecule has 1 N–H and O–H groups in total. The zero-order chi connectivity index (χ0) is 30.0. The lowest BCUT2D eigenvalue weighted by Crippen LogP contribution is -2.33. The number of fused-ring (bicyclic) bond motifs is 6. The Hall–Kier alpha value is -4.45. The molecule has 43 heavy (non-hydrogen) atoms. The van der Waals surface area contributed by atoms with Gasteiger partial charge in [-0.05, 0) is 87.4 Å². The monoisotopic (exact) mass is 576 g/mol. The number of rotatable bonds is 11. The summed E-state index contributed by atoms with van der Waals surface area (Å²) >= 11 is 0.